The van der Waals surface area contributed by atoms with Crippen molar-refractivity contribution in [1.82, 2.24) is 5.32 Å². The summed E-state index contributed by atoms with van der Waals surface area (Å²) in [5.74, 6) is 0.862. The number of hydrogen-bond acceptors (Lipinski definition) is 5. The molecule has 0 unspecified atom stereocenters. The Labute approximate surface area is 130 Å². The van der Waals surface area contributed by atoms with E-state index in [-0.39, 0.29) is 5.75 Å². The first-order valence-corrected chi connectivity index (χ1v) is 7.63. The first-order chi connectivity index (χ1) is 9.63. The minimum Gasteiger partial charge on any atom is -0.502 e. The van der Waals surface area contributed by atoms with Crippen LogP contribution in [0.4, 0.5) is 0 Å². The molecule has 1 heterocycles. The SMILES string of the molecule is COc1cc(CNCc2ccc(Br)s2)cc(OC)c1O. The average Bonchev–Trinajstić information content (AvgIpc) is 2.86. The Morgan fingerprint density at radius 3 is 2.30 bits per heavy atom. The number of ether oxygens (including phenoxy) is 2. The van der Waals surface area contributed by atoms with Crippen molar-refractivity contribution in [2.75, 3.05) is 14.2 Å². The van der Waals surface area contributed by atoms with Gasteiger partial charge in [-0.05, 0) is 45.8 Å². The normalized spacial score (nSPS) is 10.6. The largest absolute Gasteiger partial charge is 0.502 e. The van der Waals surface area contributed by atoms with E-state index < -0.39 is 0 Å². The van der Waals surface area contributed by atoms with E-state index in [9.17, 15) is 5.11 Å². The average molecular weight is 358 g/mol. The Morgan fingerprint density at radius 1 is 1.15 bits per heavy atom. The minimum absolute atomic E-state index is 0.0286. The fourth-order valence-electron chi connectivity index (χ4n) is 1.83. The van der Waals surface area contributed by atoms with Crippen molar-refractivity contribution in [3.8, 4) is 17.2 Å². The van der Waals surface area contributed by atoms with Crippen LogP contribution in [0.3, 0.4) is 0 Å². The number of rotatable bonds is 6. The lowest BCUT2D eigenvalue weighted by Gasteiger charge is -2.11. The van der Waals surface area contributed by atoms with Crippen LogP contribution in [0.2, 0.25) is 0 Å². The Bertz CT molecular complexity index is 561. The van der Waals surface area contributed by atoms with Crippen molar-refractivity contribution >= 4 is 27.3 Å². The molecule has 6 heteroatoms. The zero-order valence-electron chi connectivity index (χ0n) is 11.3. The summed E-state index contributed by atoms with van der Waals surface area (Å²) in [6.07, 6.45) is 0. The Balaban J connectivity index is 2.02. The third-order valence-electron chi connectivity index (χ3n) is 2.80. The van der Waals surface area contributed by atoms with Gasteiger partial charge in [0.15, 0.2) is 11.5 Å². The molecule has 0 aliphatic heterocycles. The fraction of sp³-hybridized carbons (Fsp3) is 0.286. The summed E-state index contributed by atoms with van der Waals surface area (Å²) in [5, 5.41) is 13.2. The van der Waals surface area contributed by atoms with Crippen LogP contribution >= 0.6 is 27.3 Å². The van der Waals surface area contributed by atoms with Crippen LogP contribution in [0.25, 0.3) is 0 Å². The molecule has 0 amide bonds. The smallest absolute Gasteiger partial charge is 0.200 e. The Kier molecular flexibility index (Phi) is 5.28. The predicted molar refractivity (Wildman–Crippen MR) is 83.8 cm³/mol. The quantitative estimate of drug-likeness (QED) is 0.830. The molecule has 4 nitrogen and oxygen atoms in total. The van der Waals surface area contributed by atoms with Gasteiger partial charge in [-0.25, -0.2) is 0 Å². The van der Waals surface area contributed by atoms with Crippen LogP contribution in [0, 0.1) is 0 Å². The third kappa shape index (κ3) is 3.65. The molecule has 0 saturated carbocycles. The van der Waals surface area contributed by atoms with E-state index in [4.69, 9.17) is 9.47 Å². The van der Waals surface area contributed by atoms with Crippen LogP contribution in [-0.2, 0) is 13.1 Å². The molecule has 108 valence electrons. The van der Waals surface area contributed by atoms with Crippen LogP contribution < -0.4 is 14.8 Å². The first-order valence-electron chi connectivity index (χ1n) is 6.03. The van der Waals surface area contributed by atoms with E-state index in [0.717, 1.165) is 15.9 Å². The number of phenols is 1. The Morgan fingerprint density at radius 2 is 1.80 bits per heavy atom. The molecule has 1 aromatic heterocycles. The van der Waals surface area contributed by atoms with Gasteiger partial charge in [-0.1, -0.05) is 0 Å². The maximum atomic E-state index is 9.85. The lowest BCUT2D eigenvalue weighted by atomic mass is 10.2. The number of nitrogens with one attached hydrogen (secondary N) is 1. The second-order valence-electron chi connectivity index (χ2n) is 4.16. The van der Waals surface area contributed by atoms with Gasteiger partial charge in [0.1, 0.15) is 0 Å². The summed E-state index contributed by atoms with van der Waals surface area (Å²) >= 11 is 5.15. The highest BCUT2D eigenvalue weighted by atomic mass is 79.9. The van der Waals surface area contributed by atoms with Crippen LogP contribution in [0.1, 0.15) is 10.4 Å². The molecule has 2 rings (SSSR count). The maximum Gasteiger partial charge on any atom is 0.200 e. The highest BCUT2D eigenvalue weighted by Crippen LogP contribution is 2.37. The molecule has 0 fully saturated rings. The summed E-state index contributed by atoms with van der Waals surface area (Å²) in [5.41, 5.74) is 0.993. The van der Waals surface area contributed by atoms with Crippen LogP contribution in [0.15, 0.2) is 28.1 Å². The lowest BCUT2D eigenvalue weighted by molar-refractivity contribution is 0.339. The van der Waals surface area contributed by atoms with Crippen LogP contribution in [-0.4, -0.2) is 19.3 Å². The van der Waals surface area contributed by atoms with Gasteiger partial charge >= 0.3 is 0 Å². The monoisotopic (exact) mass is 357 g/mol. The minimum atomic E-state index is 0.0286. The molecule has 0 aliphatic carbocycles. The van der Waals surface area contributed by atoms with Crippen molar-refractivity contribution in [1.29, 1.82) is 0 Å². The van der Waals surface area contributed by atoms with E-state index in [1.165, 1.54) is 19.1 Å². The number of hydrogen-bond donors (Lipinski definition) is 2. The lowest BCUT2D eigenvalue weighted by Crippen LogP contribution is -2.11. The number of benzene rings is 1. The summed E-state index contributed by atoms with van der Waals surface area (Å²) in [6.45, 7) is 1.46. The van der Waals surface area contributed by atoms with Crippen molar-refractivity contribution in [2.45, 2.75) is 13.1 Å². The van der Waals surface area contributed by atoms with Gasteiger partial charge in [0, 0.05) is 18.0 Å². The molecule has 0 atom stereocenters. The molecule has 0 aliphatic rings. The molecule has 2 N–H and O–H groups in total. The molecule has 0 saturated heterocycles. The molecule has 0 spiro atoms. The summed E-state index contributed by atoms with van der Waals surface area (Å²) in [4.78, 5) is 1.26. The van der Waals surface area contributed by atoms with E-state index in [2.05, 4.69) is 27.3 Å². The topological polar surface area (TPSA) is 50.7 Å². The van der Waals surface area contributed by atoms with Crippen molar-refractivity contribution in [3.63, 3.8) is 0 Å². The molecule has 0 radical (unpaired) electrons. The highest BCUT2D eigenvalue weighted by Gasteiger charge is 2.10. The van der Waals surface area contributed by atoms with Gasteiger partial charge in [0.05, 0.1) is 18.0 Å². The zero-order valence-corrected chi connectivity index (χ0v) is 13.7. The second-order valence-corrected chi connectivity index (χ2v) is 6.71. The number of aromatic hydroxyl groups is 1. The standard InChI is InChI=1S/C14H16BrNO3S/c1-18-11-5-9(6-12(19-2)14(11)17)7-16-8-10-3-4-13(15)20-10/h3-6,16-17H,7-8H2,1-2H3. The van der Waals surface area contributed by atoms with Crippen molar-refractivity contribution < 1.29 is 14.6 Å². The number of halogens is 1. The van der Waals surface area contributed by atoms with E-state index >= 15 is 0 Å². The van der Waals surface area contributed by atoms with Crippen molar-refractivity contribution in [3.05, 3.63) is 38.5 Å². The van der Waals surface area contributed by atoms with Gasteiger partial charge in [-0.15, -0.1) is 11.3 Å². The molecular formula is C14H16BrNO3S. The van der Waals surface area contributed by atoms with Gasteiger partial charge in [-0.3, -0.25) is 0 Å². The van der Waals surface area contributed by atoms with Crippen molar-refractivity contribution in [2.24, 2.45) is 0 Å². The van der Waals surface area contributed by atoms with E-state index in [1.54, 1.807) is 23.5 Å². The Hall–Kier alpha value is -1.24. The summed E-state index contributed by atoms with van der Waals surface area (Å²) in [6, 6.07) is 7.72. The number of methoxy groups -OCH3 is 2. The second kappa shape index (κ2) is 6.97. The van der Waals surface area contributed by atoms with E-state index in [0.29, 0.717) is 18.0 Å². The van der Waals surface area contributed by atoms with Crippen LogP contribution in [0.5, 0.6) is 17.2 Å². The zero-order chi connectivity index (χ0) is 14.5. The van der Waals surface area contributed by atoms with Gasteiger partial charge in [-0.2, -0.15) is 0 Å². The first kappa shape index (κ1) is 15.2. The summed E-state index contributed by atoms with van der Waals surface area (Å²) in [7, 11) is 3.05. The number of thiophene rings is 1. The predicted octanol–water partition coefficient (Wildman–Crippen LogP) is 3.52. The van der Waals surface area contributed by atoms with Gasteiger partial charge < -0.3 is 19.9 Å². The summed E-state index contributed by atoms with van der Waals surface area (Å²) < 4.78 is 11.4. The molecular weight excluding hydrogens is 342 g/mol. The maximum absolute atomic E-state index is 9.85. The highest BCUT2D eigenvalue weighted by molar-refractivity contribution is 9.11. The molecule has 1 aromatic carbocycles. The van der Waals surface area contributed by atoms with E-state index in [1.807, 2.05) is 6.07 Å². The third-order valence-corrected chi connectivity index (χ3v) is 4.42. The molecule has 20 heavy (non-hydrogen) atoms. The molecule has 2 aromatic rings. The van der Waals surface area contributed by atoms with Gasteiger partial charge in [0.2, 0.25) is 5.75 Å². The number of phenolic OH excluding ortho intramolecular Hbond substituents is 1. The molecule has 0 bridgehead atoms. The fourth-order valence-corrected chi connectivity index (χ4v) is 3.28. The van der Waals surface area contributed by atoms with Gasteiger partial charge in [0.25, 0.3) is 0 Å².